The number of amides is 1. The number of carbonyl (C=O) groups is 2. The average Bonchev–Trinajstić information content (AvgIpc) is 3.04. The summed E-state index contributed by atoms with van der Waals surface area (Å²) in [4.78, 5) is 29.2. The van der Waals surface area contributed by atoms with Gasteiger partial charge in [-0.2, -0.15) is 0 Å². The molecule has 0 radical (unpaired) electrons. The number of aryl methyl sites for hydroxylation is 1. The molecular weight excluding hydrogens is 270 g/mol. The largest absolute Gasteiger partial charge is 0.477 e. The molecule has 0 atom stereocenters. The van der Waals surface area contributed by atoms with E-state index >= 15 is 0 Å². The molecule has 1 aromatic carbocycles. The van der Waals surface area contributed by atoms with E-state index in [1.54, 1.807) is 31.3 Å². The molecule has 106 valence electrons. The summed E-state index contributed by atoms with van der Waals surface area (Å²) in [6, 6.07) is 8.83. The molecule has 4 N–H and O–H groups in total. The number of carboxylic acid groups (broad SMARTS) is 1. The van der Waals surface area contributed by atoms with Crippen molar-refractivity contribution in [2.24, 2.45) is 0 Å². The number of rotatable bonds is 3. The van der Waals surface area contributed by atoms with Gasteiger partial charge in [0.1, 0.15) is 5.69 Å². The van der Waals surface area contributed by atoms with Crippen LogP contribution in [-0.4, -0.2) is 27.0 Å². The van der Waals surface area contributed by atoms with Crippen molar-refractivity contribution >= 4 is 28.5 Å². The maximum absolute atomic E-state index is 12.4. The summed E-state index contributed by atoms with van der Waals surface area (Å²) >= 11 is 0. The highest BCUT2D eigenvalue weighted by Gasteiger charge is 2.17. The van der Waals surface area contributed by atoms with Gasteiger partial charge in [-0.25, -0.2) is 4.79 Å². The number of benzene rings is 1. The maximum atomic E-state index is 12.4. The fourth-order valence-corrected chi connectivity index (χ4v) is 2.32. The van der Waals surface area contributed by atoms with E-state index in [1.807, 2.05) is 12.1 Å². The van der Waals surface area contributed by atoms with Crippen LogP contribution in [0.25, 0.3) is 10.9 Å². The quantitative estimate of drug-likeness (QED) is 0.595. The van der Waals surface area contributed by atoms with Crippen LogP contribution >= 0.6 is 0 Å². The number of para-hydroxylation sites is 1. The molecule has 0 aliphatic rings. The number of hydrogen-bond acceptors (Lipinski definition) is 2. The van der Waals surface area contributed by atoms with Gasteiger partial charge in [-0.15, -0.1) is 0 Å². The molecule has 3 aromatic rings. The van der Waals surface area contributed by atoms with Crippen molar-refractivity contribution in [1.82, 2.24) is 9.97 Å². The van der Waals surface area contributed by atoms with Gasteiger partial charge in [0.25, 0.3) is 5.91 Å². The van der Waals surface area contributed by atoms with Gasteiger partial charge in [-0.3, -0.25) is 4.79 Å². The number of anilines is 1. The van der Waals surface area contributed by atoms with E-state index in [1.165, 1.54) is 0 Å². The molecule has 0 saturated heterocycles. The van der Waals surface area contributed by atoms with Gasteiger partial charge in [0.2, 0.25) is 0 Å². The lowest BCUT2D eigenvalue weighted by molar-refractivity contribution is 0.0692. The van der Waals surface area contributed by atoms with Crippen LogP contribution in [0, 0.1) is 6.92 Å². The molecule has 6 nitrogen and oxygen atoms in total. The zero-order valence-corrected chi connectivity index (χ0v) is 11.2. The third kappa shape index (κ3) is 2.27. The summed E-state index contributed by atoms with van der Waals surface area (Å²) in [6.07, 6.45) is 1.75. The molecule has 0 spiro atoms. The molecular formula is C15H13N3O3. The van der Waals surface area contributed by atoms with Crippen LogP contribution in [0.5, 0.6) is 0 Å². The molecule has 0 bridgehead atoms. The minimum absolute atomic E-state index is 0.0282. The molecule has 0 aliphatic heterocycles. The molecule has 21 heavy (non-hydrogen) atoms. The number of aromatic carboxylic acids is 1. The van der Waals surface area contributed by atoms with E-state index in [4.69, 9.17) is 5.11 Å². The van der Waals surface area contributed by atoms with E-state index in [0.717, 1.165) is 10.9 Å². The number of carbonyl (C=O) groups excluding carboxylic acids is 1. The number of carboxylic acids is 1. The maximum Gasteiger partial charge on any atom is 0.354 e. The fourth-order valence-electron chi connectivity index (χ4n) is 2.32. The van der Waals surface area contributed by atoms with Crippen molar-refractivity contribution in [3.8, 4) is 0 Å². The Balaban J connectivity index is 1.97. The molecule has 6 heteroatoms. The second kappa shape index (κ2) is 4.82. The lowest BCUT2D eigenvalue weighted by Gasteiger charge is -2.05. The predicted octanol–water partition coefficient (Wildman–Crippen LogP) is 2.75. The summed E-state index contributed by atoms with van der Waals surface area (Å²) in [5, 5.41) is 12.7. The third-order valence-electron chi connectivity index (χ3n) is 3.25. The highest BCUT2D eigenvalue weighted by molar-refractivity contribution is 6.13. The lowest BCUT2D eigenvalue weighted by atomic mass is 10.1. The van der Waals surface area contributed by atoms with Crippen molar-refractivity contribution in [3.05, 3.63) is 53.5 Å². The summed E-state index contributed by atoms with van der Waals surface area (Å²) < 4.78 is 0. The molecule has 2 heterocycles. The van der Waals surface area contributed by atoms with Crippen molar-refractivity contribution in [2.75, 3.05) is 5.32 Å². The van der Waals surface area contributed by atoms with Crippen molar-refractivity contribution < 1.29 is 14.7 Å². The Morgan fingerprint density at radius 1 is 1.24 bits per heavy atom. The van der Waals surface area contributed by atoms with Crippen molar-refractivity contribution in [2.45, 2.75) is 6.92 Å². The first-order valence-electron chi connectivity index (χ1n) is 6.36. The molecule has 3 rings (SSSR count). The summed E-state index contributed by atoms with van der Waals surface area (Å²) in [7, 11) is 0. The number of aromatic amines is 2. The van der Waals surface area contributed by atoms with Gasteiger partial charge in [0, 0.05) is 17.3 Å². The molecule has 0 aliphatic carbocycles. The van der Waals surface area contributed by atoms with Crippen molar-refractivity contribution in [1.29, 1.82) is 0 Å². The average molecular weight is 283 g/mol. The smallest absolute Gasteiger partial charge is 0.354 e. The first-order valence-corrected chi connectivity index (χ1v) is 6.36. The highest BCUT2D eigenvalue weighted by atomic mass is 16.4. The van der Waals surface area contributed by atoms with Gasteiger partial charge in [-0.05, 0) is 25.1 Å². The van der Waals surface area contributed by atoms with Gasteiger partial charge in [0.05, 0.1) is 16.8 Å². The second-order valence-electron chi connectivity index (χ2n) is 4.75. The first-order chi connectivity index (χ1) is 10.1. The molecule has 0 saturated carbocycles. The van der Waals surface area contributed by atoms with Gasteiger partial charge in [0.15, 0.2) is 0 Å². The SMILES string of the molecule is Cc1cc(NC(=O)c2cccc3cc[nH]c23)c(C(=O)O)[nH]1. The lowest BCUT2D eigenvalue weighted by Crippen LogP contribution is -2.14. The topological polar surface area (TPSA) is 98.0 Å². The molecule has 0 unspecified atom stereocenters. The standard InChI is InChI=1S/C15H13N3O3/c1-8-7-11(13(17-8)15(20)21)18-14(19)10-4-2-3-9-5-6-16-12(9)10/h2-7,16-17H,1H3,(H,18,19)(H,20,21). The number of nitrogens with one attached hydrogen (secondary N) is 3. The Morgan fingerprint density at radius 2 is 2.05 bits per heavy atom. The second-order valence-corrected chi connectivity index (χ2v) is 4.75. The van der Waals surface area contributed by atoms with E-state index < -0.39 is 5.97 Å². The van der Waals surface area contributed by atoms with E-state index in [0.29, 0.717) is 11.3 Å². The van der Waals surface area contributed by atoms with Crippen LogP contribution in [-0.2, 0) is 0 Å². The first kappa shape index (κ1) is 13.0. The monoisotopic (exact) mass is 283 g/mol. The van der Waals surface area contributed by atoms with E-state index in [-0.39, 0.29) is 17.3 Å². The van der Waals surface area contributed by atoms with Crippen LogP contribution in [0.4, 0.5) is 5.69 Å². The number of H-pyrrole nitrogens is 2. The van der Waals surface area contributed by atoms with Gasteiger partial charge in [-0.1, -0.05) is 12.1 Å². The summed E-state index contributed by atoms with van der Waals surface area (Å²) in [5.74, 6) is -1.47. The fraction of sp³-hybridized carbons (Fsp3) is 0.0667. The van der Waals surface area contributed by atoms with Crippen LogP contribution < -0.4 is 5.32 Å². The minimum Gasteiger partial charge on any atom is -0.477 e. The number of hydrogen-bond donors (Lipinski definition) is 4. The van der Waals surface area contributed by atoms with Gasteiger partial charge < -0.3 is 20.4 Å². The normalized spacial score (nSPS) is 10.7. The Bertz CT molecular complexity index is 845. The number of fused-ring (bicyclic) bond motifs is 1. The molecule has 2 aromatic heterocycles. The third-order valence-corrected chi connectivity index (χ3v) is 3.25. The Labute approximate surface area is 119 Å². The molecule has 0 fully saturated rings. The van der Waals surface area contributed by atoms with Gasteiger partial charge >= 0.3 is 5.97 Å². The van der Waals surface area contributed by atoms with E-state index in [2.05, 4.69) is 15.3 Å². The highest BCUT2D eigenvalue weighted by Crippen LogP contribution is 2.21. The van der Waals surface area contributed by atoms with E-state index in [9.17, 15) is 9.59 Å². The summed E-state index contributed by atoms with van der Waals surface area (Å²) in [6.45, 7) is 1.73. The Morgan fingerprint density at radius 3 is 2.81 bits per heavy atom. The molecule has 1 amide bonds. The zero-order valence-electron chi connectivity index (χ0n) is 11.2. The van der Waals surface area contributed by atoms with Crippen LogP contribution in [0.1, 0.15) is 26.5 Å². The minimum atomic E-state index is -1.11. The van der Waals surface area contributed by atoms with Crippen LogP contribution in [0.15, 0.2) is 36.5 Å². The van der Waals surface area contributed by atoms with Crippen molar-refractivity contribution in [3.63, 3.8) is 0 Å². The Hall–Kier alpha value is -3.02. The zero-order chi connectivity index (χ0) is 15.0. The predicted molar refractivity (Wildman–Crippen MR) is 78.7 cm³/mol. The van der Waals surface area contributed by atoms with Crippen LogP contribution in [0.2, 0.25) is 0 Å². The number of aromatic nitrogens is 2. The Kier molecular flexibility index (Phi) is 2.98. The summed E-state index contributed by atoms with van der Waals surface area (Å²) in [5.41, 5.74) is 2.08. The van der Waals surface area contributed by atoms with Crippen LogP contribution in [0.3, 0.4) is 0 Å².